The van der Waals surface area contributed by atoms with Crippen LogP contribution in [-0.4, -0.2) is 61.9 Å². The number of likely N-dealkylation sites (N-methyl/N-ethyl adjacent to an activating group) is 1. The Balaban J connectivity index is 1.67. The second-order valence-electron chi connectivity index (χ2n) is 7.45. The quantitative estimate of drug-likeness (QED) is 0.528. The molecular formula is C22H31N5O2. The highest BCUT2D eigenvalue weighted by Crippen LogP contribution is 2.24. The van der Waals surface area contributed by atoms with Crippen molar-refractivity contribution in [1.82, 2.24) is 20.4 Å². The van der Waals surface area contributed by atoms with Gasteiger partial charge in [-0.2, -0.15) is 0 Å². The number of carbonyl (C=O) groups excluding carboxylic acids is 1. The molecule has 1 saturated heterocycles. The van der Waals surface area contributed by atoms with Crippen molar-refractivity contribution in [2.75, 3.05) is 40.3 Å². The fraction of sp³-hybridized carbons (Fsp3) is 0.455. The van der Waals surface area contributed by atoms with E-state index in [1.54, 1.807) is 25.3 Å². The third-order valence-electron chi connectivity index (χ3n) is 5.08. The topological polar surface area (TPSA) is 73.1 Å². The predicted octanol–water partition coefficient (Wildman–Crippen LogP) is 2.24. The Bertz CT molecular complexity index is 768. The molecule has 0 bridgehead atoms. The first-order chi connectivity index (χ1) is 14.1. The molecule has 1 aromatic heterocycles. The van der Waals surface area contributed by atoms with Gasteiger partial charge in [0.25, 0.3) is 0 Å². The molecule has 7 nitrogen and oxygen atoms in total. The van der Waals surface area contributed by atoms with Crippen LogP contribution in [0.25, 0.3) is 0 Å². The molecule has 2 heterocycles. The zero-order valence-corrected chi connectivity index (χ0v) is 17.3. The summed E-state index contributed by atoms with van der Waals surface area (Å²) in [6, 6.07) is 14.2. The number of hydrogen-bond donors (Lipinski definition) is 2. The molecule has 1 aliphatic rings. The molecule has 2 N–H and O–H groups in total. The van der Waals surface area contributed by atoms with Crippen LogP contribution >= 0.6 is 0 Å². The lowest BCUT2D eigenvalue weighted by molar-refractivity contribution is -0.127. The average Bonchev–Trinajstić information content (AvgIpc) is 3.45. The Kier molecular flexibility index (Phi) is 7.69. The summed E-state index contributed by atoms with van der Waals surface area (Å²) in [6.45, 7) is 3.53. The van der Waals surface area contributed by atoms with Gasteiger partial charge in [-0.1, -0.05) is 30.3 Å². The maximum Gasteiger partial charge on any atom is 0.241 e. The number of nitrogens with one attached hydrogen (secondary N) is 2. The van der Waals surface area contributed by atoms with Gasteiger partial charge in [0, 0.05) is 20.6 Å². The number of nitrogens with zero attached hydrogens (tertiary/aromatic N) is 3. The zero-order valence-electron chi connectivity index (χ0n) is 17.3. The Hall–Kier alpha value is -2.80. The van der Waals surface area contributed by atoms with E-state index in [9.17, 15) is 4.79 Å². The molecule has 7 heteroatoms. The fourth-order valence-electron chi connectivity index (χ4n) is 3.38. The molecular weight excluding hydrogens is 366 g/mol. The predicted molar refractivity (Wildman–Crippen MR) is 115 cm³/mol. The van der Waals surface area contributed by atoms with Crippen molar-refractivity contribution < 1.29 is 9.21 Å². The molecule has 2 aromatic rings. The van der Waals surface area contributed by atoms with Gasteiger partial charge in [-0.05, 0) is 43.6 Å². The van der Waals surface area contributed by atoms with E-state index in [-0.39, 0.29) is 18.5 Å². The van der Waals surface area contributed by atoms with Gasteiger partial charge in [-0.15, -0.1) is 0 Å². The van der Waals surface area contributed by atoms with E-state index < -0.39 is 0 Å². The van der Waals surface area contributed by atoms with Gasteiger partial charge < -0.3 is 20.0 Å². The van der Waals surface area contributed by atoms with Crippen molar-refractivity contribution >= 4 is 11.9 Å². The highest BCUT2D eigenvalue weighted by molar-refractivity contribution is 5.86. The first-order valence-corrected chi connectivity index (χ1v) is 10.2. The van der Waals surface area contributed by atoms with E-state index in [1.165, 1.54) is 12.8 Å². The second kappa shape index (κ2) is 10.7. The van der Waals surface area contributed by atoms with Crippen molar-refractivity contribution in [1.29, 1.82) is 0 Å². The molecule has 0 saturated carbocycles. The number of amides is 1. The molecule has 29 heavy (non-hydrogen) atoms. The van der Waals surface area contributed by atoms with Crippen LogP contribution in [0.3, 0.4) is 0 Å². The van der Waals surface area contributed by atoms with Crippen LogP contribution in [0, 0.1) is 0 Å². The monoisotopic (exact) mass is 397 g/mol. The van der Waals surface area contributed by atoms with Crippen molar-refractivity contribution in [3.8, 4) is 0 Å². The van der Waals surface area contributed by atoms with Crippen LogP contribution < -0.4 is 10.6 Å². The summed E-state index contributed by atoms with van der Waals surface area (Å²) in [6.07, 6.45) is 4.14. The summed E-state index contributed by atoms with van der Waals surface area (Å²) in [5.41, 5.74) is 1.12. The van der Waals surface area contributed by atoms with E-state index in [4.69, 9.17) is 4.42 Å². The van der Waals surface area contributed by atoms with E-state index >= 15 is 0 Å². The Morgan fingerprint density at radius 2 is 1.90 bits per heavy atom. The second-order valence-corrected chi connectivity index (χ2v) is 7.45. The van der Waals surface area contributed by atoms with Gasteiger partial charge in [0.2, 0.25) is 5.91 Å². The molecule has 1 atom stereocenters. The smallest absolute Gasteiger partial charge is 0.241 e. The van der Waals surface area contributed by atoms with E-state index in [0.29, 0.717) is 19.0 Å². The number of guanidine groups is 1. The molecule has 0 spiro atoms. The molecule has 1 amide bonds. The van der Waals surface area contributed by atoms with Crippen LogP contribution in [0.1, 0.15) is 30.2 Å². The zero-order chi connectivity index (χ0) is 20.5. The summed E-state index contributed by atoms with van der Waals surface area (Å²) in [5, 5.41) is 6.58. The van der Waals surface area contributed by atoms with Crippen molar-refractivity contribution in [2.45, 2.75) is 25.4 Å². The third kappa shape index (κ3) is 6.35. The van der Waals surface area contributed by atoms with Gasteiger partial charge in [-0.25, -0.2) is 4.99 Å². The maximum absolute atomic E-state index is 12.0. The summed E-state index contributed by atoms with van der Waals surface area (Å²) in [7, 11) is 3.50. The van der Waals surface area contributed by atoms with Crippen LogP contribution in [0.4, 0.5) is 0 Å². The van der Waals surface area contributed by atoms with Gasteiger partial charge in [-0.3, -0.25) is 9.69 Å². The summed E-state index contributed by atoms with van der Waals surface area (Å²) >= 11 is 0. The molecule has 1 fully saturated rings. The van der Waals surface area contributed by atoms with Gasteiger partial charge in [0.1, 0.15) is 5.76 Å². The molecule has 156 valence electrons. The third-order valence-corrected chi connectivity index (χ3v) is 5.08. The number of furan rings is 1. The van der Waals surface area contributed by atoms with Crippen molar-refractivity contribution in [3.05, 3.63) is 60.1 Å². The molecule has 1 aliphatic heterocycles. The standard InChI is InChI=1S/C22H31N5O2/c1-26(2)21(28)17-25-22(23-15-18-9-4-3-5-10-18)24-16-19(20-11-8-14-29-20)27-12-6-7-13-27/h3-5,8-11,14,19H,6-7,12-13,15-17H2,1-2H3,(H2,23,24,25). The molecule has 0 aliphatic carbocycles. The minimum Gasteiger partial charge on any atom is -0.468 e. The number of likely N-dealkylation sites (tertiary alicyclic amines) is 1. The minimum atomic E-state index is 0.00124. The number of carbonyl (C=O) groups is 1. The Morgan fingerprint density at radius 1 is 1.14 bits per heavy atom. The number of benzene rings is 1. The summed E-state index contributed by atoms with van der Waals surface area (Å²) in [5.74, 6) is 1.58. The summed E-state index contributed by atoms with van der Waals surface area (Å²) in [4.78, 5) is 20.7. The number of hydrogen-bond acceptors (Lipinski definition) is 4. The van der Waals surface area contributed by atoms with Gasteiger partial charge >= 0.3 is 0 Å². The molecule has 1 aromatic carbocycles. The van der Waals surface area contributed by atoms with Crippen LogP contribution in [-0.2, 0) is 11.3 Å². The minimum absolute atomic E-state index is 0.00124. The fourth-order valence-corrected chi connectivity index (χ4v) is 3.38. The van der Waals surface area contributed by atoms with Gasteiger partial charge in [0.05, 0.1) is 25.4 Å². The SMILES string of the molecule is CN(C)C(=O)CNC(=NCc1ccccc1)NCC(c1ccco1)N1CCCC1. The average molecular weight is 398 g/mol. The van der Waals surface area contributed by atoms with Crippen LogP contribution in [0.2, 0.25) is 0 Å². The lowest BCUT2D eigenvalue weighted by atomic mass is 10.2. The molecule has 0 radical (unpaired) electrons. The number of aliphatic imine (C=N–C) groups is 1. The molecule has 3 rings (SSSR count). The van der Waals surface area contributed by atoms with E-state index in [2.05, 4.69) is 20.5 Å². The Labute approximate surface area is 172 Å². The Morgan fingerprint density at radius 3 is 2.55 bits per heavy atom. The lowest BCUT2D eigenvalue weighted by Gasteiger charge is -2.27. The van der Waals surface area contributed by atoms with Gasteiger partial charge in [0.15, 0.2) is 5.96 Å². The van der Waals surface area contributed by atoms with Crippen molar-refractivity contribution in [3.63, 3.8) is 0 Å². The van der Waals surface area contributed by atoms with E-state index in [1.807, 2.05) is 42.5 Å². The van der Waals surface area contributed by atoms with E-state index in [0.717, 1.165) is 24.4 Å². The molecule has 1 unspecified atom stereocenters. The summed E-state index contributed by atoms with van der Waals surface area (Å²) < 4.78 is 5.70. The van der Waals surface area contributed by atoms with Crippen LogP contribution in [0.5, 0.6) is 0 Å². The van der Waals surface area contributed by atoms with Crippen LogP contribution in [0.15, 0.2) is 58.1 Å². The number of rotatable bonds is 8. The highest BCUT2D eigenvalue weighted by Gasteiger charge is 2.25. The normalized spacial score (nSPS) is 15.9. The highest BCUT2D eigenvalue weighted by atomic mass is 16.3. The first kappa shape index (κ1) is 20.9. The first-order valence-electron chi connectivity index (χ1n) is 10.2. The largest absolute Gasteiger partial charge is 0.468 e. The lowest BCUT2D eigenvalue weighted by Crippen LogP contribution is -2.45. The van der Waals surface area contributed by atoms with Crippen molar-refractivity contribution in [2.24, 2.45) is 4.99 Å². The maximum atomic E-state index is 12.0.